The number of esters is 1. The van der Waals surface area contributed by atoms with Crippen molar-refractivity contribution >= 4 is 24.2 Å². The van der Waals surface area contributed by atoms with Crippen molar-refractivity contribution in [3.63, 3.8) is 0 Å². The van der Waals surface area contributed by atoms with Gasteiger partial charge in [0.05, 0.1) is 6.61 Å². The second kappa shape index (κ2) is 12.5. The van der Waals surface area contributed by atoms with Crippen LogP contribution in [0.3, 0.4) is 0 Å². The number of carbonyl (C=O) groups excluding carboxylic acids is 1. The van der Waals surface area contributed by atoms with Gasteiger partial charge in [0.1, 0.15) is 41.3 Å². The van der Waals surface area contributed by atoms with E-state index in [1.807, 2.05) is 0 Å². The molecule has 0 amide bonds. The van der Waals surface area contributed by atoms with Gasteiger partial charge < -0.3 is 44.8 Å². The van der Waals surface area contributed by atoms with Gasteiger partial charge in [-0.2, -0.15) is 0 Å². The van der Waals surface area contributed by atoms with Crippen LogP contribution in [0.5, 0.6) is 23.0 Å². The molecule has 0 bridgehead atoms. The number of hydrogen-bond acceptors (Lipinski definition) is 10. The molecule has 39 heavy (non-hydrogen) atoms. The molecule has 0 aliphatic carbocycles. The summed E-state index contributed by atoms with van der Waals surface area (Å²) in [7, 11) is 0. The second-order valence-corrected chi connectivity index (χ2v) is 8.84. The van der Waals surface area contributed by atoms with Crippen molar-refractivity contribution in [3.05, 3.63) is 89.5 Å². The first-order valence-corrected chi connectivity index (χ1v) is 12.0. The monoisotopic (exact) mass is 536 g/mol. The maximum atomic E-state index is 12.5. The number of rotatable bonds is 8. The van der Waals surface area contributed by atoms with E-state index in [2.05, 4.69) is 0 Å². The van der Waals surface area contributed by atoms with Crippen LogP contribution >= 0.6 is 0 Å². The number of aromatic hydroxyl groups is 3. The Hall–Kier alpha value is -4.35. The molecule has 3 aromatic carbocycles. The number of ether oxygens (including phenoxy) is 3. The number of carbonyl (C=O) groups is 1. The molecule has 204 valence electrons. The van der Waals surface area contributed by atoms with Crippen molar-refractivity contribution < 1.29 is 49.6 Å². The fraction of sp³-hybridized carbons (Fsp3) is 0.207. The molecule has 10 nitrogen and oxygen atoms in total. The molecule has 0 spiro atoms. The lowest BCUT2D eigenvalue weighted by Crippen LogP contribution is -2.61. The topological polar surface area (TPSA) is 166 Å². The van der Waals surface area contributed by atoms with E-state index in [0.29, 0.717) is 11.1 Å². The average molecular weight is 537 g/mol. The van der Waals surface area contributed by atoms with Crippen LogP contribution in [0.15, 0.2) is 72.8 Å². The van der Waals surface area contributed by atoms with E-state index in [-0.39, 0.29) is 23.0 Å². The van der Waals surface area contributed by atoms with Gasteiger partial charge in [-0.3, -0.25) is 0 Å². The predicted octanol–water partition coefficient (Wildman–Crippen LogP) is 2.42. The summed E-state index contributed by atoms with van der Waals surface area (Å²) in [6.45, 7) is -0.639. The summed E-state index contributed by atoms with van der Waals surface area (Å²) in [4.78, 5) is 12.5. The van der Waals surface area contributed by atoms with Crippen LogP contribution in [0.25, 0.3) is 18.2 Å². The van der Waals surface area contributed by atoms with Crippen LogP contribution in [0.2, 0.25) is 0 Å². The van der Waals surface area contributed by atoms with Gasteiger partial charge in [-0.25, -0.2) is 4.79 Å². The Morgan fingerprint density at radius 1 is 0.769 bits per heavy atom. The van der Waals surface area contributed by atoms with Crippen LogP contribution < -0.4 is 4.74 Å². The van der Waals surface area contributed by atoms with Crippen molar-refractivity contribution in [1.29, 1.82) is 0 Å². The summed E-state index contributed by atoms with van der Waals surface area (Å²) in [5.74, 6) is -0.708. The molecule has 0 saturated carbocycles. The molecule has 3 aromatic rings. The van der Waals surface area contributed by atoms with Crippen molar-refractivity contribution in [1.82, 2.24) is 0 Å². The molecule has 0 unspecified atom stereocenters. The van der Waals surface area contributed by atoms with E-state index >= 15 is 0 Å². The Balaban J connectivity index is 1.52. The lowest BCUT2D eigenvalue weighted by molar-refractivity contribution is -0.281. The first kappa shape index (κ1) is 27.7. The van der Waals surface area contributed by atoms with Crippen LogP contribution in [0, 0.1) is 0 Å². The molecule has 5 atom stereocenters. The average Bonchev–Trinajstić information content (AvgIpc) is 2.92. The van der Waals surface area contributed by atoms with Gasteiger partial charge in [0.15, 0.2) is 6.10 Å². The first-order valence-electron chi connectivity index (χ1n) is 12.0. The third kappa shape index (κ3) is 7.37. The van der Waals surface area contributed by atoms with Gasteiger partial charge in [0.25, 0.3) is 0 Å². The Morgan fingerprint density at radius 3 is 1.97 bits per heavy atom. The first-order chi connectivity index (χ1) is 18.7. The number of aliphatic hydroxyl groups is 3. The van der Waals surface area contributed by atoms with Gasteiger partial charge in [0, 0.05) is 12.1 Å². The Labute approximate surface area is 223 Å². The van der Waals surface area contributed by atoms with Crippen molar-refractivity contribution in [3.8, 4) is 23.0 Å². The molecular weight excluding hydrogens is 508 g/mol. The summed E-state index contributed by atoms with van der Waals surface area (Å²) in [5.41, 5.74) is 1.94. The molecule has 1 aliphatic heterocycles. The smallest absolute Gasteiger partial charge is 0.331 e. The number of hydrogen-bond donors (Lipinski definition) is 6. The highest BCUT2D eigenvalue weighted by Gasteiger charge is 2.47. The minimum absolute atomic E-state index is 0.0653. The van der Waals surface area contributed by atoms with E-state index in [9.17, 15) is 35.4 Å². The maximum absolute atomic E-state index is 12.5. The van der Waals surface area contributed by atoms with Gasteiger partial charge in [-0.05, 0) is 59.2 Å². The zero-order chi connectivity index (χ0) is 27.9. The predicted molar refractivity (Wildman–Crippen MR) is 141 cm³/mol. The molecule has 0 aromatic heterocycles. The van der Waals surface area contributed by atoms with Gasteiger partial charge in [-0.1, -0.05) is 36.4 Å². The summed E-state index contributed by atoms with van der Waals surface area (Å²) in [6.07, 6.45) is -1.40. The molecule has 4 rings (SSSR count). The molecule has 1 aliphatic rings. The maximum Gasteiger partial charge on any atom is 0.331 e. The van der Waals surface area contributed by atoms with Crippen molar-refractivity contribution in [2.24, 2.45) is 0 Å². The zero-order valence-corrected chi connectivity index (χ0v) is 20.6. The lowest BCUT2D eigenvalue weighted by atomic mass is 9.99. The van der Waals surface area contributed by atoms with E-state index in [4.69, 9.17) is 14.2 Å². The van der Waals surface area contributed by atoms with E-state index in [1.165, 1.54) is 42.5 Å². The van der Waals surface area contributed by atoms with Crippen LogP contribution in [0.4, 0.5) is 0 Å². The number of phenols is 3. The van der Waals surface area contributed by atoms with Gasteiger partial charge in [0.2, 0.25) is 6.29 Å². The fourth-order valence-electron chi connectivity index (χ4n) is 3.88. The minimum Gasteiger partial charge on any atom is -0.508 e. The molecule has 6 N–H and O–H groups in total. The summed E-state index contributed by atoms with van der Waals surface area (Å²) in [6, 6.07) is 16.9. The van der Waals surface area contributed by atoms with Gasteiger partial charge >= 0.3 is 5.97 Å². The molecule has 1 heterocycles. The van der Waals surface area contributed by atoms with Crippen molar-refractivity contribution in [2.45, 2.75) is 30.7 Å². The van der Waals surface area contributed by atoms with Crippen LogP contribution in [-0.2, 0) is 14.3 Å². The number of phenolic OH excluding ortho intramolecular Hbond substituents is 3. The molecule has 1 saturated heterocycles. The van der Waals surface area contributed by atoms with Crippen molar-refractivity contribution in [2.75, 3.05) is 6.61 Å². The number of aliphatic hydroxyl groups excluding tert-OH is 3. The summed E-state index contributed by atoms with van der Waals surface area (Å²) in [5, 5.41) is 59.6. The highest BCUT2D eigenvalue weighted by molar-refractivity contribution is 5.87. The van der Waals surface area contributed by atoms with Gasteiger partial charge in [-0.15, -0.1) is 0 Å². The third-order valence-electron chi connectivity index (χ3n) is 5.91. The number of benzene rings is 3. The lowest BCUT2D eigenvalue weighted by Gasteiger charge is -2.41. The highest BCUT2D eigenvalue weighted by atomic mass is 16.7. The van der Waals surface area contributed by atoms with E-state index < -0.39 is 43.3 Å². The SMILES string of the molecule is O=C(/C=C/c1ccc(O)cc1)O[C@@H]1[C@H](Oc2cc(O)cc(/C=C/c3ccc(O)cc3)c2)O[C@@H](CO)[C@H](O)[C@@H]1O. The Bertz CT molecular complexity index is 1320. The zero-order valence-electron chi connectivity index (χ0n) is 20.6. The standard InChI is InChI=1S/C29H28O10/c30-16-24-26(35)27(36)28(39-25(34)12-7-18-5-10-21(32)11-6-18)29(38-24)37-23-14-19(13-22(33)15-23)2-1-17-3-8-20(31)9-4-17/h1-15,24,26-33,35-36H,16H2/b2-1+,12-7+/t24-,26-,27-,28-,29+/m0/s1. The molecule has 10 heteroatoms. The quantitative estimate of drug-likeness (QED) is 0.143. The molecule has 1 fully saturated rings. The fourth-order valence-corrected chi connectivity index (χ4v) is 3.88. The molecule has 0 radical (unpaired) electrons. The second-order valence-electron chi connectivity index (χ2n) is 8.84. The highest BCUT2D eigenvalue weighted by Crippen LogP contribution is 2.30. The summed E-state index contributed by atoms with van der Waals surface area (Å²) >= 11 is 0. The van der Waals surface area contributed by atoms with E-state index in [1.54, 1.807) is 42.5 Å². The Morgan fingerprint density at radius 2 is 1.36 bits per heavy atom. The summed E-state index contributed by atoms with van der Waals surface area (Å²) < 4.78 is 16.8. The largest absolute Gasteiger partial charge is 0.508 e. The van der Waals surface area contributed by atoms with E-state index in [0.717, 1.165) is 11.6 Å². The third-order valence-corrected chi connectivity index (χ3v) is 5.91. The normalized spacial score (nSPS) is 23.2. The van der Waals surface area contributed by atoms with Crippen LogP contribution in [-0.4, -0.2) is 73.9 Å². The molecular formula is C29H28O10. The Kier molecular flexibility index (Phi) is 8.84. The minimum atomic E-state index is -1.65. The van der Waals surface area contributed by atoms with Crippen LogP contribution in [0.1, 0.15) is 16.7 Å².